The van der Waals surface area contributed by atoms with Crippen LogP contribution in [0.5, 0.6) is 0 Å². The van der Waals surface area contributed by atoms with E-state index in [-0.39, 0.29) is 21.3 Å². The van der Waals surface area contributed by atoms with Crippen molar-refractivity contribution in [2.24, 2.45) is 0 Å². The van der Waals surface area contributed by atoms with Crippen LogP contribution in [0.1, 0.15) is 10.4 Å². The van der Waals surface area contributed by atoms with E-state index >= 15 is 0 Å². The zero-order valence-corrected chi connectivity index (χ0v) is 12.6. The number of nitrogens with two attached hydrogens (primary N) is 1. The lowest BCUT2D eigenvalue weighted by atomic mass is 10.2. The van der Waals surface area contributed by atoms with E-state index in [0.717, 1.165) is 6.26 Å². The third kappa shape index (κ3) is 3.71. The molecule has 21 heavy (non-hydrogen) atoms. The summed E-state index contributed by atoms with van der Waals surface area (Å²) in [6, 6.07) is 7.27. The molecule has 2 rings (SSSR count). The van der Waals surface area contributed by atoms with Crippen LogP contribution in [0.4, 0.5) is 11.4 Å². The molecule has 0 aliphatic heterocycles. The third-order valence-corrected chi connectivity index (χ3v) is 3.98. The largest absolute Gasteiger partial charge is 0.397 e. The van der Waals surface area contributed by atoms with E-state index in [1.165, 1.54) is 30.5 Å². The van der Waals surface area contributed by atoms with E-state index in [9.17, 15) is 13.2 Å². The Morgan fingerprint density at radius 3 is 2.71 bits per heavy atom. The molecule has 6 nitrogen and oxygen atoms in total. The molecule has 0 bridgehead atoms. The number of anilines is 2. The Bertz CT molecular complexity index is 806. The Balaban J connectivity index is 2.30. The number of hydrogen-bond donors (Lipinski definition) is 2. The third-order valence-electron chi connectivity index (χ3n) is 2.67. The van der Waals surface area contributed by atoms with Crippen molar-refractivity contribution < 1.29 is 13.2 Å². The molecule has 0 unspecified atom stereocenters. The van der Waals surface area contributed by atoms with Crippen LogP contribution < -0.4 is 11.1 Å². The molecule has 0 radical (unpaired) electrons. The van der Waals surface area contributed by atoms with E-state index < -0.39 is 15.7 Å². The van der Waals surface area contributed by atoms with Gasteiger partial charge in [-0.1, -0.05) is 17.7 Å². The van der Waals surface area contributed by atoms with Gasteiger partial charge < -0.3 is 11.1 Å². The molecule has 8 heteroatoms. The van der Waals surface area contributed by atoms with E-state index in [0.29, 0.717) is 5.69 Å². The highest BCUT2D eigenvalue weighted by molar-refractivity contribution is 7.90. The Morgan fingerprint density at radius 1 is 1.33 bits per heavy atom. The molecule has 1 amide bonds. The van der Waals surface area contributed by atoms with Crippen LogP contribution in [0.2, 0.25) is 5.15 Å². The number of halogens is 1. The number of benzene rings is 1. The molecule has 1 aromatic heterocycles. The summed E-state index contributed by atoms with van der Waals surface area (Å²) in [4.78, 5) is 16.0. The molecule has 1 heterocycles. The number of hydrogen-bond acceptors (Lipinski definition) is 5. The summed E-state index contributed by atoms with van der Waals surface area (Å²) in [7, 11) is -3.35. The fraction of sp³-hybridized carbons (Fsp3) is 0.0769. The summed E-state index contributed by atoms with van der Waals surface area (Å²) < 4.78 is 23.0. The van der Waals surface area contributed by atoms with Crippen LogP contribution in [-0.2, 0) is 9.84 Å². The Labute approximate surface area is 126 Å². The van der Waals surface area contributed by atoms with Crippen LogP contribution in [0, 0.1) is 0 Å². The van der Waals surface area contributed by atoms with Gasteiger partial charge in [-0.2, -0.15) is 0 Å². The summed E-state index contributed by atoms with van der Waals surface area (Å²) in [5, 5.41) is 2.71. The van der Waals surface area contributed by atoms with Crippen LogP contribution in [0.25, 0.3) is 0 Å². The number of sulfone groups is 1. The zero-order chi connectivity index (χ0) is 15.6. The summed E-state index contributed by atoms with van der Waals surface area (Å²) in [5.41, 5.74) is 6.35. The zero-order valence-electron chi connectivity index (χ0n) is 11.0. The monoisotopic (exact) mass is 325 g/mol. The summed E-state index contributed by atoms with van der Waals surface area (Å²) in [6.07, 6.45) is 2.37. The number of amides is 1. The number of pyridine rings is 1. The smallest absolute Gasteiger partial charge is 0.257 e. The highest BCUT2D eigenvalue weighted by Gasteiger charge is 2.13. The highest BCUT2D eigenvalue weighted by atomic mass is 35.5. The van der Waals surface area contributed by atoms with Gasteiger partial charge in [-0.15, -0.1) is 0 Å². The quantitative estimate of drug-likeness (QED) is 0.840. The second kappa shape index (κ2) is 5.71. The molecule has 0 saturated heterocycles. The van der Waals surface area contributed by atoms with Crippen molar-refractivity contribution in [1.29, 1.82) is 0 Å². The van der Waals surface area contributed by atoms with Gasteiger partial charge in [0, 0.05) is 11.9 Å². The number of rotatable bonds is 3. The van der Waals surface area contributed by atoms with Crippen LogP contribution >= 0.6 is 11.6 Å². The highest BCUT2D eigenvalue weighted by Crippen LogP contribution is 2.19. The normalized spacial score (nSPS) is 11.1. The molecule has 0 saturated carbocycles. The average Bonchev–Trinajstić information content (AvgIpc) is 2.41. The van der Waals surface area contributed by atoms with Gasteiger partial charge in [-0.05, 0) is 24.3 Å². The Morgan fingerprint density at radius 2 is 2.05 bits per heavy atom. The molecular weight excluding hydrogens is 314 g/mol. The summed E-state index contributed by atoms with van der Waals surface area (Å²) in [6.45, 7) is 0. The first-order valence-electron chi connectivity index (χ1n) is 5.80. The number of carbonyl (C=O) groups is 1. The van der Waals surface area contributed by atoms with Crippen LogP contribution in [0.3, 0.4) is 0 Å². The van der Waals surface area contributed by atoms with Gasteiger partial charge in [-0.25, -0.2) is 13.4 Å². The molecule has 0 aliphatic carbocycles. The van der Waals surface area contributed by atoms with Gasteiger partial charge in [0.25, 0.3) is 5.91 Å². The molecule has 3 N–H and O–H groups in total. The van der Waals surface area contributed by atoms with Gasteiger partial charge in [0.15, 0.2) is 9.84 Å². The lowest BCUT2D eigenvalue weighted by Crippen LogP contribution is -2.14. The molecule has 110 valence electrons. The summed E-state index contributed by atoms with van der Waals surface area (Å²) in [5.74, 6) is -0.498. The van der Waals surface area contributed by atoms with Crippen LogP contribution in [-0.4, -0.2) is 25.6 Å². The van der Waals surface area contributed by atoms with Gasteiger partial charge >= 0.3 is 0 Å². The minimum Gasteiger partial charge on any atom is -0.397 e. The van der Waals surface area contributed by atoms with E-state index in [1.807, 2.05) is 0 Å². The number of nitrogens with one attached hydrogen (secondary N) is 1. The first-order chi connectivity index (χ1) is 9.77. The van der Waals surface area contributed by atoms with Crippen molar-refractivity contribution in [3.8, 4) is 0 Å². The van der Waals surface area contributed by atoms with Crippen molar-refractivity contribution in [2.75, 3.05) is 17.3 Å². The second-order valence-corrected chi connectivity index (χ2v) is 6.75. The number of nitrogen functional groups attached to an aromatic ring is 1. The number of carbonyl (C=O) groups excluding carboxylic acids is 1. The molecule has 2 aromatic rings. The lowest BCUT2D eigenvalue weighted by molar-refractivity contribution is 0.102. The van der Waals surface area contributed by atoms with Gasteiger partial charge in [0.1, 0.15) is 5.15 Å². The van der Waals surface area contributed by atoms with Gasteiger partial charge in [-0.3, -0.25) is 4.79 Å². The Hall–Kier alpha value is -2.12. The molecule has 1 aromatic carbocycles. The van der Waals surface area contributed by atoms with Crippen molar-refractivity contribution in [3.05, 3.63) is 47.2 Å². The molecule has 0 spiro atoms. The van der Waals surface area contributed by atoms with E-state index in [2.05, 4.69) is 10.3 Å². The fourth-order valence-electron chi connectivity index (χ4n) is 1.64. The van der Waals surface area contributed by atoms with Crippen molar-refractivity contribution in [1.82, 2.24) is 4.98 Å². The maximum atomic E-state index is 12.1. The summed E-state index contributed by atoms with van der Waals surface area (Å²) >= 11 is 5.72. The first-order valence-corrected chi connectivity index (χ1v) is 8.07. The van der Waals surface area contributed by atoms with E-state index in [1.54, 1.807) is 6.07 Å². The number of aromatic nitrogens is 1. The maximum Gasteiger partial charge on any atom is 0.257 e. The second-order valence-electron chi connectivity index (χ2n) is 4.35. The predicted octanol–water partition coefficient (Wildman–Crippen LogP) is 1.97. The molecular formula is C13H12ClN3O3S. The topological polar surface area (TPSA) is 102 Å². The SMILES string of the molecule is CS(=O)(=O)c1cccc(NC(=O)c2cc(Cl)ncc2N)c1. The van der Waals surface area contributed by atoms with Crippen molar-refractivity contribution in [2.45, 2.75) is 4.90 Å². The standard InChI is InChI=1S/C13H12ClN3O3S/c1-21(19,20)9-4-2-3-8(5-9)17-13(18)10-6-12(14)16-7-11(10)15/h2-7H,15H2,1H3,(H,17,18). The Kier molecular flexibility index (Phi) is 4.15. The minimum atomic E-state index is -3.35. The molecule has 0 aliphatic rings. The lowest BCUT2D eigenvalue weighted by Gasteiger charge is -2.08. The number of nitrogens with zero attached hydrogens (tertiary/aromatic N) is 1. The van der Waals surface area contributed by atoms with Crippen molar-refractivity contribution in [3.63, 3.8) is 0 Å². The molecule has 0 fully saturated rings. The average molecular weight is 326 g/mol. The first kappa shape index (κ1) is 15.3. The van der Waals surface area contributed by atoms with Gasteiger partial charge in [0.2, 0.25) is 0 Å². The predicted molar refractivity (Wildman–Crippen MR) is 81.2 cm³/mol. The van der Waals surface area contributed by atoms with E-state index in [4.69, 9.17) is 17.3 Å². The minimum absolute atomic E-state index is 0.112. The maximum absolute atomic E-state index is 12.1. The fourth-order valence-corrected chi connectivity index (χ4v) is 2.46. The van der Waals surface area contributed by atoms with Crippen LogP contribution in [0.15, 0.2) is 41.4 Å². The molecule has 0 atom stereocenters. The van der Waals surface area contributed by atoms with Gasteiger partial charge in [0.05, 0.1) is 22.3 Å². The van der Waals surface area contributed by atoms with Crippen molar-refractivity contribution >= 4 is 38.7 Å².